The van der Waals surface area contributed by atoms with Gasteiger partial charge >= 0.3 is 0 Å². The number of hydrogen-bond donors (Lipinski definition) is 1. The van der Waals surface area contributed by atoms with Gasteiger partial charge in [-0.05, 0) is 58.5 Å². The van der Waals surface area contributed by atoms with Crippen LogP contribution in [0.15, 0.2) is 6.07 Å². The smallest absolute Gasteiger partial charge is 0.0934 e. The Morgan fingerprint density at radius 1 is 1.59 bits per heavy atom. The van der Waals surface area contributed by atoms with Crippen LogP contribution in [-0.2, 0) is 6.42 Å². The van der Waals surface area contributed by atoms with Crippen molar-refractivity contribution in [1.29, 1.82) is 0 Å². The highest BCUT2D eigenvalue weighted by Crippen LogP contribution is 2.39. The third-order valence-corrected chi connectivity index (χ3v) is 4.68. The Hall–Kier alpha value is -0.0900. The minimum Gasteiger partial charge on any atom is -0.309 e. The molecule has 2 atom stereocenters. The molecular formula is C13H21ClN2S. The molecule has 1 heterocycles. The van der Waals surface area contributed by atoms with Crippen molar-refractivity contribution in [2.75, 3.05) is 20.6 Å². The molecule has 1 aromatic rings. The van der Waals surface area contributed by atoms with Crippen LogP contribution in [0.1, 0.15) is 36.2 Å². The Morgan fingerprint density at radius 3 is 3.06 bits per heavy atom. The highest BCUT2D eigenvalue weighted by Gasteiger charge is 2.25. The number of fused-ring (bicyclic) bond motifs is 1. The minimum atomic E-state index is 0.519. The summed E-state index contributed by atoms with van der Waals surface area (Å²) in [6.07, 6.45) is 3.60. The van der Waals surface area contributed by atoms with Crippen LogP contribution >= 0.6 is 22.9 Å². The maximum Gasteiger partial charge on any atom is 0.0934 e. The second-order valence-corrected chi connectivity index (χ2v) is 6.95. The van der Waals surface area contributed by atoms with E-state index in [2.05, 4.69) is 37.3 Å². The Kier molecular flexibility index (Phi) is 4.47. The molecule has 17 heavy (non-hydrogen) atoms. The zero-order chi connectivity index (χ0) is 12.4. The van der Waals surface area contributed by atoms with E-state index >= 15 is 0 Å². The van der Waals surface area contributed by atoms with Gasteiger partial charge in [-0.15, -0.1) is 11.3 Å². The van der Waals surface area contributed by atoms with E-state index in [1.807, 2.05) is 0 Å². The molecule has 4 heteroatoms. The molecule has 2 rings (SSSR count). The number of aryl methyl sites for hydroxylation is 1. The number of halogens is 1. The number of rotatable bonds is 5. The van der Waals surface area contributed by atoms with Crippen molar-refractivity contribution in [1.82, 2.24) is 10.2 Å². The average Bonchev–Trinajstić information content (AvgIpc) is 2.76. The van der Waals surface area contributed by atoms with Crippen molar-refractivity contribution >= 4 is 22.9 Å². The molecule has 0 fully saturated rings. The number of nitrogens with zero attached hydrogens (tertiary/aromatic N) is 1. The van der Waals surface area contributed by atoms with Gasteiger partial charge in [-0.25, -0.2) is 0 Å². The molecular weight excluding hydrogens is 252 g/mol. The molecule has 0 aliphatic heterocycles. The zero-order valence-electron chi connectivity index (χ0n) is 10.8. The van der Waals surface area contributed by atoms with Crippen LogP contribution in [-0.4, -0.2) is 31.6 Å². The number of thiophene rings is 1. The van der Waals surface area contributed by atoms with E-state index in [0.717, 1.165) is 10.9 Å². The lowest BCUT2D eigenvalue weighted by Crippen LogP contribution is -2.32. The quantitative estimate of drug-likeness (QED) is 0.885. The van der Waals surface area contributed by atoms with Gasteiger partial charge in [0.25, 0.3) is 0 Å². The molecule has 1 aromatic heterocycles. The van der Waals surface area contributed by atoms with Crippen LogP contribution in [0.3, 0.4) is 0 Å². The van der Waals surface area contributed by atoms with Crippen LogP contribution in [0.4, 0.5) is 0 Å². The average molecular weight is 273 g/mol. The highest BCUT2D eigenvalue weighted by molar-refractivity contribution is 7.16. The first-order valence-electron chi connectivity index (χ1n) is 6.25. The fraction of sp³-hybridized carbons (Fsp3) is 0.692. The lowest BCUT2D eigenvalue weighted by molar-refractivity contribution is 0.349. The molecule has 1 N–H and O–H groups in total. The Labute approximate surface area is 113 Å². The van der Waals surface area contributed by atoms with E-state index in [9.17, 15) is 0 Å². The molecule has 0 radical (unpaired) electrons. The van der Waals surface area contributed by atoms with Crippen molar-refractivity contribution in [3.63, 3.8) is 0 Å². The van der Waals surface area contributed by atoms with Crippen molar-refractivity contribution in [2.24, 2.45) is 0 Å². The van der Waals surface area contributed by atoms with Gasteiger partial charge in [0.15, 0.2) is 0 Å². The zero-order valence-corrected chi connectivity index (χ0v) is 12.4. The molecule has 2 nitrogen and oxygen atoms in total. The van der Waals surface area contributed by atoms with Crippen LogP contribution in [0.25, 0.3) is 0 Å². The first kappa shape index (κ1) is 13.3. The lowest BCUT2D eigenvalue weighted by atomic mass is 10.1. The van der Waals surface area contributed by atoms with Gasteiger partial charge in [-0.2, -0.15) is 0 Å². The summed E-state index contributed by atoms with van der Waals surface area (Å²) in [5.74, 6) is 0. The van der Waals surface area contributed by atoms with E-state index < -0.39 is 0 Å². The fourth-order valence-corrected chi connectivity index (χ4v) is 3.74. The normalized spacial score (nSPS) is 20.9. The van der Waals surface area contributed by atoms with Gasteiger partial charge in [0.05, 0.1) is 4.34 Å². The molecule has 1 aliphatic carbocycles. The maximum absolute atomic E-state index is 6.07. The van der Waals surface area contributed by atoms with Crippen LogP contribution < -0.4 is 5.32 Å². The maximum atomic E-state index is 6.07. The third kappa shape index (κ3) is 3.44. The van der Waals surface area contributed by atoms with Crippen molar-refractivity contribution < 1.29 is 0 Å². The summed E-state index contributed by atoms with van der Waals surface area (Å²) in [5.41, 5.74) is 1.44. The predicted molar refractivity (Wildman–Crippen MR) is 76.2 cm³/mol. The lowest BCUT2D eigenvalue weighted by Gasteiger charge is -2.21. The van der Waals surface area contributed by atoms with E-state index in [0.29, 0.717) is 12.1 Å². The molecule has 0 bridgehead atoms. The summed E-state index contributed by atoms with van der Waals surface area (Å²) < 4.78 is 0.933. The third-order valence-electron chi connectivity index (χ3n) is 3.34. The summed E-state index contributed by atoms with van der Waals surface area (Å²) in [5, 5.41) is 3.73. The minimum absolute atomic E-state index is 0.519. The summed E-state index contributed by atoms with van der Waals surface area (Å²) in [6, 6.07) is 3.23. The van der Waals surface area contributed by atoms with Gasteiger partial charge in [0, 0.05) is 17.0 Å². The second kappa shape index (κ2) is 5.70. The van der Waals surface area contributed by atoms with Gasteiger partial charge in [-0.3, -0.25) is 0 Å². The first-order chi connectivity index (χ1) is 8.06. The molecule has 0 saturated heterocycles. The Balaban J connectivity index is 1.88. The molecule has 0 aromatic carbocycles. The van der Waals surface area contributed by atoms with Crippen molar-refractivity contribution in [3.8, 4) is 0 Å². The first-order valence-corrected chi connectivity index (χ1v) is 7.44. The van der Waals surface area contributed by atoms with E-state index in [1.54, 1.807) is 11.3 Å². The van der Waals surface area contributed by atoms with Crippen LogP contribution in [0.5, 0.6) is 0 Å². The monoisotopic (exact) mass is 272 g/mol. The molecule has 2 unspecified atom stereocenters. The largest absolute Gasteiger partial charge is 0.309 e. The van der Waals surface area contributed by atoms with Crippen LogP contribution in [0, 0.1) is 0 Å². The van der Waals surface area contributed by atoms with Gasteiger partial charge in [0.2, 0.25) is 0 Å². The highest BCUT2D eigenvalue weighted by atomic mass is 35.5. The van der Waals surface area contributed by atoms with Crippen LogP contribution in [0.2, 0.25) is 4.34 Å². The van der Waals surface area contributed by atoms with E-state index in [1.165, 1.54) is 29.7 Å². The van der Waals surface area contributed by atoms with Gasteiger partial charge in [-0.1, -0.05) is 11.6 Å². The summed E-state index contributed by atoms with van der Waals surface area (Å²) in [6.45, 7) is 3.41. The standard InChI is InChI=1S/C13H21ClN2S/c1-9(6-7-16(2)3)15-11-4-5-12-10(11)8-13(14)17-12/h8-9,11,15H,4-7H2,1-3H3. The second-order valence-electron chi connectivity index (χ2n) is 5.18. The Bertz CT molecular complexity index is 375. The predicted octanol–water partition coefficient (Wildman–Crippen LogP) is 3.32. The van der Waals surface area contributed by atoms with E-state index in [-0.39, 0.29) is 0 Å². The van der Waals surface area contributed by atoms with E-state index in [4.69, 9.17) is 11.6 Å². The van der Waals surface area contributed by atoms with Crippen molar-refractivity contribution in [2.45, 2.75) is 38.3 Å². The molecule has 1 aliphatic rings. The molecule has 0 saturated carbocycles. The molecule has 0 spiro atoms. The van der Waals surface area contributed by atoms with Gasteiger partial charge < -0.3 is 10.2 Å². The fourth-order valence-electron chi connectivity index (χ4n) is 2.38. The molecule has 0 amide bonds. The van der Waals surface area contributed by atoms with Crippen molar-refractivity contribution in [3.05, 3.63) is 20.8 Å². The Morgan fingerprint density at radius 2 is 2.35 bits per heavy atom. The summed E-state index contributed by atoms with van der Waals surface area (Å²) >= 11 is 7.81. The molecule has 96 valence electrons. The topological polar surface area (TPSA) is 15.3 Å². The number of nitrogens with one attached hydrogen (secondary N) is 1. The summed E-state index contributed by atoms with van der Waals surface area (Å²) in [4.78, 5) is 3.71. The SMILES string of the molecule is CC(CCN(C)C)NC1CCc2sc(Cl)cc21. The summed E-state index contributed by atoms with van der Waals surface area (Å²) in [7, 11) is 4.25. The van der Waals surface area contributed by atoms with Gasteiger partial charge in [0.1, 0.15) is 0 Å². The number of hydrogen-bond acceptors (Lipinski definition) is 3.